The molecule has 6 nitrogen and oxygen atoms in total. The first-order chi connectivity index (χ1) is 7.99. The number of hydrogen-bond donors (Lipinski definition) is 3. The van der Waals surface area contributed by atoms with Gasteiger partial charge < -0.3 is 5.73 Å². The predicted molar refractivity (Wildman–Crippen MR) is 65.0 cm³/mol. The lowest BCUT2D eigenvalue weighted by molar-refractivity contribution is 0.600. The Morgan fingerprint density at radius 2 is 2.18 bits per heavy atom. The number of nitrogen functional groups attached to an aromatic ring is 1. The lowest BCUT2D eigenvalue weighted by Crippen LogP contribution is -2.13. The summed E-state index contributed by atoms with van der Waals surface area (Å²) in [6.45, 7) is 1.64. The summed E-state index contributed by atoms with van der Waals surface area (Å²) in [5.41, 5.74) is 6.98. The molecule has 7 heteroatoms. The second-order valence-corrected chi connectivity index (χ2v) is 5.24. The highest BCUT2D eigenvalue weighted by molar-refractivity contribution is 7.92. The number of sulfonamides is 1. The Bertz CT molecular complexity index is 633. The van der Waals surface area contributed by atoms with Gasteiger partial charge in [-0.05, 0) is 25.1 Å². The number of nitrogens with one attached hydrogen (secondary N) is 2. The van der Waals surface area contributed by atoms with Crippen molar-refractivity contribution >= 4 is 21.4 Å². The molecule has 0 saturated carbocycles. The lowest BCUT2D eigenvalue weighted by Gasteiger charge is -2.07. The van der Waals surface area contributed by atoms with Crippen LogP contribution in [-0.2, 0) is 10.0 Å². The number of hydrogen-bond acceptors (Lipinski definition) is 4. The Balaban J connectivity index is 2.33. The predicted octanol–water partition coefficient (Wildman–Crippen LogP) is 1.10. The Morgan fingerprint density at radius 1 is 1.41 bits per heavy atom. The normalized spacial score (nSPS) is 11.4. The van der Waals surface area contributed by atoms with Gasteiger partial charge in [-0.2, -0.15) is 5.10 Å². The fourth-order valence-corrected chi connectivity index (χ4v) is 2.61. The molecule has 0 spiro atoms. The van der Waals surface area contributed by atoms with Gasteiger partial charge in [-0.25, -0.2) is 8.42 Å². The third-order valence-electron chi connectivity index (χ3n) is 2.21. The van der Waals surface area contributed by atoms with E-state index >= 15 is 0 Å². The SMILES string of the molecule is Cc1[nH]ncc1S(=O)(=O)Nc1cccc(N)c1. The molecule has 0 aliphatic rings. The van der Waals surface area contributed by atoms with E-state index in [-0.39, 0.29) is 4.90 Å². The Hall–Kier alpha value is -2.02. The number of anilines is 2. The smallest absolute Gasteiger partial charge is 0.265 e. The van der Waals surface area contributed by atoms with Crippen LogP contribution in [0.1, 0.15) is 5.69 Å². The van der Waals surface area contributed by atoms with Crippen LogP contribution in [0, 0.1) is 6.92 Å². The maximum Gasteiger partial charge on any atom is 0.265 e. The van der Waals surface area contributed by atoms with Crippen LogP contribution in [0.5, 0.6) is 0 Å². The van der Waals surface area contributed by atoms with Crippen molar-refractivity contribution in [3.05, 3.63) is 36.2 Å². The second-order valence-electron chi connectivity index (χ2n) is 3.59. The van der Waals surface area contributed by atoms with Crippen molar-refractivity contribution < 1.29 is 8.42 Å². The van der Waals surface area contributed by atoms with E-state index in [1.54, 1.807) is 31.2 Å². The average Bonchev–Trinajstić information content (AvgIpc) is 2.64. The zero-order chi connectivity index (χ0) is 12.5. The van der Waals surface area contributed by atoms with E-state index in [4.69, 9.17) is 5.73 Å². The standard InChI is InChI=1S/C10H12N4O2S/c1-7-10(6-12-13-7)17(15,16)14-9-4-2-3-8(11)5-9/h2-6,14H,11H2,1H3,(H,12,13). The van der Waals surface area contributed by atoms with Crippen LogP contribution in [0.25, 0.3) is 0 Å². The molecule has 4 N–H and O–H groups in total. The minimum Gasteiger partial charge on any atom is -0.399 e. The van der Waals surface area contributed by atoms with Crippen LogP contribution in [-0.4, -0.2) is 18.6 Å². The van der Waals surface area contributed by atoms with Crippen molar-refractivity contribution in [3.8, 4) is 0 Å². The molecule has 1 heterocycles. The summed E-state index contributed by atoms with van der Waals surface area (Å²) in [5.74, 6) is 0. The maximum absolute atomic E-state index is 12.0. The Labute approximate surface area is 98.9 Å². The van der Waals surface area contributed by atoms with Gasteiger partial charge in [0.15, 0.2) is 0 Å². The Kier molecular flexibility index (Phi) is 2.76. The molecule has 0 unspecified atom stereocenters. The minimum atomic E-state index is -3.62. The van der Waals surface area contributed by atoms with E-state index in [2.05, 4.69) is 14.9 Å². The largest absolute Gasteiger partial charge is 0.399 e. The monoisotopic (exact) mass is 252 g/mol. The molecular weight excluding hydrogens is 240 g/mol. The highest BCUT2D eigenvalue weighted by atomic mass is 32.2. The van der Waals surface area contributed by atoms with E-state index in [1.165, 1.54) is 6.20 Å². The van der Waals surface area contributed by atoms with Gasteiger partial charge >= 0.3 is 0 Å². The van der Waals surface area contributed by atoms with Crippen LogP contribution >= 0.6 is 0 Å². The highest BCUT2D eigenvalue weighted by Gasteiger charge is 2.18. The number of aryl methyl sites for hydroxylation is 1. The molecule has 0 saturated heterocycles. The lowest BCUT2D eigenvalue weighted by atomic mass is 10.3. The summed E-state index contributed by atoms with van der Waals surface area (Å²) in [7, 11) is -3.62. The number of H-pyrrole nitrogens is 1. The molecular formula is C10H12N4O2S. The molecule has 0 atom stereocenters. The first kappa shape index (κ1) is 11.5. The van der Waals surface area contributed by atoms with E-state index in [0.717, 1.165) is 0 Å². The van der Waals surface area contributed by atoms with E-state index in [1.807, 2.05) is 0 Å². The van der Waals surface area contributed by atoms with Crippen molar-refractivity contribution in [3.63, 3.8) is 0 Å². The van der Waals surface area contributed by atoms with Crippen LogP contribution in [0.4, 0.5) is 11.4 Å². The molecule has 0 aliphatic carbocycles. The van der Waals surface area contributed by atoms with Gasteiger partial charge in [-0.15, -0.1) is 0 Å². The quantitative estimate of drug-likeness (QED) is 0.712. The molecule has 0 amide bonds. The molecule has 2 aromatic rings. The third-order valence-corrected chi connectivity index (χ3v) is 3.71. The van der Waals surface area contributed by atoms with E-state index in [9.17, 15) is 8.42 Å². The fourth-order valence-electron chi connectivity index (χ4n) is 1.42. The number of benzene rings is 1. The zero-order valence-corrected chi connectivity index (χ0v) is 9.95. The molecule has 17 heavy (non-hydrogen) atoms. The molecule has 1 aromatic carbocycles. The van der Waals surface area contributed by atoms with Gasteiger partial charge in [0.25, 0.3) is 10.0 Å². The fraction of sp³-hybridized carbons (Fsp3) is 0.100. The highest BCUT2D eigenvalue weighted by Crippen LogP contribution is 2.18. The van der Waals surface area contributed by atoms with Gasteiger partial charge in [0.2, 0.25) is 0 Å². The number of nitrogens with two attached hydrogens (primary N) is 1. The minimum absolute atomic E-state index is 0.125. The molecule has 0 fully saturated rings. The molecule has 2 rings (SSSR count). The van der Waals surface area contributed by atoms with Crippen molar-refractivity contribution in [2.45, 2.75) is 11.8 Å². The van der Waals surface area contributed by atoms with Gasteiger partial charge in [0.05, 0.1) is 17.6 Å². The van der Waals surface area contributed by atoms with Gasteiger partial charge in [0.1, 0.15) is 4.90 Å². The summed E-state index contributed by atoms with van der Waals surface area (Å²) in [6.07, 6.45) is 1.27. The van der Waals surface area contributed by atoms with Crippen molar-refractivity contribution in [2.75, 3.05) is 10.5 Å². The molecule has 90 valence electrons. The van der Waals surface area contributed by atoms with Gasteiger partial charge in [-0.1, -0.05) is 6.07 Å². The first-order valence-electron chi connectivity index (χ1n) is 4.87. The van der Waals surface area contributed by atoms with E-state index < -0.39 is 10.0 Å². The average molecular weight is 252 g/mol. The second kappa shape index (κ2) is 4.10. The van der Waals surface area contributed by atoms with Crippen molar-refractivity contribution in [1.29, 1.82) is 0 Å². The van der Waals surface area contributed by atoms with Crippen LogP contribution in [0.3, 0.4) is 0 Å². The van der Waals surface area contributed by atoms with Gasteiger partial charge in [-0.3, -0.25) is 9.82 Å². The van der Waals surface area contributed by atoms with E-state index in [0.29, 0.717) is 17.1 Å². The van der Waals surface area contributed by atoms with Crippen molar-refractivity contribution in [2.24, 2.45) is 0 Å². The molecule has 0 bridgehead atoms. The van der Waals surface area contributed by atoms with Crippen LogP contribution in [0.15, 0.2) is 35.4 Å². The zero-order valence-electron chi connectivity index (χ0n) is 9.14. The topological polar surface area (TPSA) is 101 Å². The number of aromatic amines is 1. The number of nitrogens with zero attached hydrogens (tertiary/aromatic N) is 1. The summed E-state index contributed by atoms with van der Waals surface area (Å²) >= 11 is 0. The third kappa shape index (κ3) is 2.39. The number of rotatable bonds is 3. The molecule has 0 radical (unpaired) electrons. The molecule has 1 aromatic heterocycles. The van der Waals surface area contributed by atoms with Crippen LogP contribution in [0.2, 0.25) is 0 Å². The molecule has 0 aliphatic heterocycles. The summed E-state index contributed by atoms with van der Waals surface area (Å²) in [6, 6.07) is 6.53. The Morgan fingerprint density at radius 3 is 2.76 bits per heavy atom. The van der Waals surface area contributed by atoms with Gasteiger partial charge in [0, 0.05) is 5.69 Å². The summed E-state index contributed by atoms with van der Waals surface area (Å²) < 4.78 is 26.4. The van der Waals surface area contributed by atoms with Crippen LogP contribution < -0.4 is 10.5 Å². The van der Waals surface area contributed by atoms with Crippen molar-refractivity contribution in [1.82, 2.24) is 10.2 Å². The summed E-state index contributed by atoms with van der Waals surface area (Å²) in [4.78, 5) is 0.125. The number of aromatic nitrogens is 2. The maximum atomic E-state index is 12.0. The first-order valence-corrected chi connectivity index (χ1v) is 6.36. The summed E-state index contributed by atoms with van der Waals surface area (Å²) in [5, 5.41) is 6.26.